The van der Waals surface area contributed by atoms with Gasteiger partial charge in [-0.3, -0.25) is 4.79 Å². The highest BCUT2D eigenvalue weighted by molar-refractivity contribution is 7.89. The first-order valence-corrected chi connectivity index (χ1v) is 11.7. The number of hydrogen-bond donors (Lipinski definition) is 1. The number of piperidine rings is 1. The van der Waals surface area contributed by atoms with Crippen LogP contribution in [-0.2, 0) is 14.8 Å². The highest BCUT2D eigenvalue weighted by Gasteiger charge is 2.32. The van der Waals surface area contributed by atoms with Gasteiger partial charge in [-0.15, -0.1) is 0 Å². The third kappa shape index (κ3) is 4.91. The van der Waals surface area contributed by atoms with Gasteiger partial charge >= 0.3 is 0 Å². The van der Waals surface area contributed by atoms with Crippen molar-refractivity contribution in [1.29, 1.82) is 0 Å². The summed E-state index contributed by atoms with van der Waals surface area (Å²) in [6, 6.07) is 7.50. The van der Waals surface area contributed by atoms with E-state index in [-0.39, 0.29) is 11.8 Å². The lowest BCUT2D eigenvalue weighted by molar-refractivity contribution is -0.127. The van der Waals surface area contributed by atoms with Gasteiger partial charge in [-0.25, -0.2) is 8.42 Å². The lowest BCUT2D eigenvalue weighted by Crippen LogP contribution is -2.45. The fourth-order valence-electron chi connectivity index (χ4n) is 4.10. The monoisotopic (exact) mass is 392 g/mol. The van der Waals surface area contributed by atoms with E-state index in [0.717, 1.165) is 18.4 Å². The van der Waals surface area contributed by atoms with Gasteiger partial charge in [0.05, 0.1) is 4.90 Å². The van der Waals surface area contributed by atoms with Crippen LogP contribution in [0.2, 0.25) is 0 Å². The third-order valence-electron chi connectivity index (χ3n) is 5.96. The number of rotatable bonds is 5. The summed E-state index contributed by atoms with van der Waals surface area (Å²) in [4.78, 5) is 12.9. The summed E-state index contributed by atoms with van der Waals surface area (Å²) in [7, 11) is -3.48. The average molecular weight is 393 g/mol. The molecule has 2 aliphatic rings. The largest absolute Gasteiger partial charge is 0.353 e. The Morgan fingerprint density at radius 3 is 2.15 bits per heavy atom. The molecule has 6 heteroatoms. The van der Waals surface area contributed by atoms with Crippen LogP contribution < -0.4 is 5.32 Å². The second-order valence-corrected chi connectivity index (χ2v) is 10.2. The molecule has 1 amide bonds. The minimum absolute atomic E-state index is 0.0679. The fourth-order valence-corrected chi connectivity index (χ4v) is 5.57. The van der Waals surface area contributed by atoms with Gasteiger partial charge in [0.1, 0.15) is 0 Å². The van der Waals surface area contributed by atoms with Crippen LogP contribution in [0.3, 0.4) is 0 Å². The number of nitrogens with zero attached hydrogens (tertiary/aromatic N) is 1. The Morgan fingerprint density at radius 1 is 1.00 bits per heavy atom. The minimum Gasteiger partial charge on any atom is -0.353 e. The molecular weight excluding hydrogens is 360 g/mol. The molecule has 1 saturated carbocycles. The SMILES string of the molecule is CC(C)c1ccc(S(=O)(=O)N2CCC(C(=O)NC3CCCCC3)CC2)cc1. The lowest BCUT2D eigenvalue weighted by Gasteiger charge is -2.32. The van der Waals surface area contributed by atoms with Gasteiger partial charge < -0.3 is 5.32 Å². The zero-order valence-electron chi connectivity index (χ0n) is 16.5. The molecule has 0 aromatic heterocycles. The van der Waals surface area contributed by atoms with Gasteiger partial charge in [0.15, 0.2) is 0 Å². The molecule has 0 unspecified atom stereocenters. The van der Waals surface area contributed by atoms with Gasteiger partial charge in [0.2, 0.25) is 15.9 Å². The maximum atomic E-state index is 12.9. The van der Waals surface area contributed by atoms with Crippen molar-refractivity contribution in [2.24, 2.45) is 5.92 Å². The number of amides is 1. The summed E-state index contributed by atoms with van der Waals surface area (Å²) in [6.07, 6.45) is 7.00. The Bertz CT molecular complexity index is 729. The molecule has 1 aromatic rings. The normalized spacial score (nSPS) is 20.7. The number of carbonyl (C=O) groups excluding carboxylic acids is 1. The first-order valence-electron chi connectivity index (χ1n) is 10.3. The molecular formula is C21H32N2O3S. The van der Waals surface area contributed by atoms with Crippen molar-refractivity contribution >= 4 is 15.9 Å². The first-order chi connectivity index (χ1) is 12.9. The van der Waals surface area contributed by atoms with Crippen molar-refractivity contribution < 1.29 is 13.2 Å². The van der Waals surface area contributed by atoms with Crippen LogP contribution in [-0.4, -0.2) is 37.8 Å². The van der Waals surface area contributed by atoms with E-state index in [1.54, 1.807) is 12.1 Å². The average Bonchev–Trinajstić information content (AvgIpc) is 2.69. The Kier molecular flexibility index (Phi) is 6.58. The zero-order valence-corrected chi connectivity index (χ0v) is 17.3. The summed E-state index contributed by atoms with van der Waals surface area (Å²) in [5, 5.41) is 3.18. The van der Waals surface area contributed by atoms with Crippen molar-refractivity contribution in [3.8, 4) is 0 Å². The number of sulfonamides is 1. The molecule has 0 spiro atoms. The van der Waals surface area contributed by atoms with Crippen LogP contribution >= 0.6 is 0 Å². The van der Waals surface area contributed by atoms with E-state index in [4.69, 9.17) is 0 Å². The molecule has 0 radical (unpaired) electrons. The molecule has 1 heterocycles. The molecule has 2 fully saturated rings. The van der Waals surface area contributed by atoms with Crippen LogP contribution in [0.4, 0.5) is 0 Å². The highest BCUT2D eigenvalue weighted by atomic mass is 32.2. The molecule has 1 N–H and O–H groups in total. The Balaban J connectivity index is 1.56. The van der Waals surface area contributed by atoms with E-state index < -0.39 is 10.0 Å². The van der Waals surface area contributed by atoms with Crippen LogP contribution in [0.25, 0.3) is 0 Å². The Hall–Kier alpha value is -1.40. The molecule has 1 saturated heterocycles. The van der Waals surface area contributed by atoms with Crippen LogP contribution in [0.1, 0.15) is 70.3 Å². The van der Waals surface area contributed by atoms with E-state index in [0.29, 0.717) is 42.8 Å². The predicted molar refractivity (Wildman–Crippen MR) is 107 cm³/mol. The third-order valence-corrected chi connectivity index (χ3v) is 7.87. The fraction of sp³-hybridized carbons (Fsp3) is 0.667. The highest BCUT2D eigenvalue weighted by Crippen LogP contribution is 2.26. The lowest BCUT2D eigenvalue weighted by atomic mass is 9.93. The molecule has 5 nitrogen and oxygen atoms in total. The molecule has 0 bridgehead atoms. The molecule has 3 rings (SSSR count). The van der Waals surface area contributed by atoms with E-state index in [2.05, 4.69) is 19.2 Å². The Labute approximate surface area is 163 Å². The van der Waals surface area contributed by atoms with Crippen LogP contribution in [0.5, 0.6) is 0 Å². The summed E-state index contributed by atoms with van der Waals surface area (Å²) in [5.41, 5.74) is 1.13. The smallest absolute Gasteiger partial charge is 0.243 e. The molecule has 27 heavy (non-hydrogen) atoms. The number of hydrogen-bond acceptors (Lipinski definition) is 3. The second-order valence-electron chi connectivity index (χ2n) is 8.25. The molecule has 150 valence electrons. The molecule has 1 aliphatic carbocycles. The zero-order chi connectivity index (χ0) is 19.4. The van der Waals surface area contributed by atoms with E-state index in [1.165, 1.54) is 23.6 Å². The van der Waals surface area contributed by atoms with Crippen molar-refractivity contribution in [2.75, 3.05) is 13.1 Å². The van der Waals surface area contributed by atoms with E-state index in [9.17, 15) is 13.2 Å². The van der Waals surface area contributed by atoms with Crippen molar-refractivity contribution in [2.45, 2.75) is 75.6 Å². The molecule has 1 aliphatic heterocycles. The number of carbonyl (C=O) groups is 1. The summed E-state index contributed by atoms with van der Waals surface area (Å²) < 4.78 is 27.3. The van der Waals surface area contributed by atoms with Gasteiger partial charge in [-0.1, -0.05) is 45.2 Å². The summed E-state index contributed by atoms with van der Waals surface area (Å²) >= 11 is 0. The second kappa shape index (κ2) is 8.74. The summed E-state index contributed by atoms with van der Waals surface area (Å²) in [6.45, 7) is 5.01. The van der Waals surface area contributed by atoms with Crippen molar-refractivity contribution in [3.63, 3.8) is 0 Å². The van der Waals surface area contributed by atoms with Gasteiger partial charge in [0.25, 0.3) is 0 Å². The maximum Gasteiger partial charge on any atom is 0.243 e. The predicted octanol–water partition coefficient (Wildman–Crippen LogP) is 3.66. The van der Waals surface area contributed by atoms with E-state index in [1.807, 2.05) is 12.1 Å². The quantitative estimate of drug-likeness (QED) is 0.831. The van der Waals surface area contributed by atoms with Gasteiger partial charge in [0, 0.05) is 25.0 Å². The molecule has 0 atom stereocenters. The minimum atomic E-state index is -3.48. The maximum absolute atomic E-state index is 12.9. The first kappa shape index (κ1) is 20.3. The van der Waals surface area contributed by atoms with Gasteiger partial charge in [-0.05, 0) is 49.3 Å². The van der Waals surface area contributed by atoms with Crippen LogP contribution in [0.15, 0.2) is 29.2 Å². The standard InChI is InChI=1S/C21H32N2O3S/c1-16(2)17-8-10-20(11-9-17)27(25,26)23-14-12-18(13-15-23)21(24)22-19-6-4-3-5-7-19/h8-11,16,18-19H,3-7,12-15H2,1-2H3,(H,22,24). The van der Waals surface area contributed by atoms with Crippen LogP contribution in [0, 0.1) is 5.92 Å². The summed E-state index contributed by atoms with van der Waals surface area (Å²) in [5.74, 6) is 0.419. The van der Waals surface area contributed by atoms with E-state index >= 15 is 0 Å². The Morgan fingerprint density at radius 2 is 1.59 bits per heavy atom. The van der Waals surface area contributed by atoms with Crippen molar-refractivity contribution in [3.05, 3.63) is 29.8 Å². The van der Waals surface area contributed by atoms with Gasteiger partial charge in [-0.2, -0.15) is 4.31 Å². The number of benzene rings is 1. The molecule has 1 aromatic carbocycles. The van der Waals surface area contributed by atoms with Crippen molar-refractivity contribution in [1.82, 2.24) is 9.62 Å². The topological polar surface area (TPSA) is 66.5 Å². The number of nitrogens with one attached hydrogen (secondary N) is 1.